The van der Waals surface area contributed by atoms with Crippen molar-refractivity contribution >= 4 is 0 Å². The molecule has 1 unspecified atom stereocenters. The van der Waals surface area contributed by atoms with Crippen LogP contribution in [0.5, 0.6) is 11.5 Å². The highest BCUT2D eigenvalue weighted by Gasteiger charge is 2.37. The van der Waals surface area contributed by atoms with Crippen molar-refractivity contribution in [3.63, 3.8) is 0 Å². The Labute approximate surface area is 132 Å². The minimum absolute atomic E-state index is 0.0553. The topological polar surface area (TPSA) is 30.5 Å². The standard InChI is InChI=1S/C14H14F7NO2/c15-12(16)23-10-6-9(14(19,20)21)11(24-13(17)18)5-7(10)4-8-2-1-3-22-8/h5-6,8,12-13,22H,1-4H2. The summed E-state index contributed by atoms with van der Waals surface area (Å²) >= 11 is 0. The SMILES string of the molecule is FC(F)Oc1cc(C(F)(F)F)c(OC(F)F)cc1CC1CCCN1. The Balaban J connectivity index is 2.44. The molecular formula is C14H14F7NO2. The highest BCUT2D eigenvalue weighted by Crippen LogP contribution is 2.41. The van der Waals surface area contributed by atoms with Crippen LogP contribution in [0.15, 0.2) is 12.1 Å². The second-order valence-electron chi connectivity index (χ2n) is 5.21. The fourth-order valence-electron chi connectivity index (χ4n) is 2.58. The molecular weight excluding hydrogens is 347 g/mol. The molecule has 1 atom stereocenters. The number of hydrogen-bond donors (Lipinski definition) is 1. The van der Waals surface area contributed by atoms with E-state index in [1.54, 1.807) is 0 Å². The molecule has 24 heavy (non-hydrogen) atoms. The molecule has 1 aromatic rings. The Morgan fingerprint density at radius 2 is 1.67 bits per heavy atom. The molecule has 1 aromatic carbocycles. The van der Waals surface area contributed by atoms with Crippen LogP contribution in [0.25, 0.3) is 0 Å². The number of nitrogens with one attached hydrogen (secondary N) is 1. The number of halogens is 7. The van der Waals surface area contributed by atoms with Crippen LogP contribution in [-0.2, 0) is 12.6 Å². The minimum atomic E-state index is -5.06. The van der Waals surface area contributed by atoms with Crippen molar-refractivity contribution in [3.05, 3.63) is 23.3 Å². The van der Waals surface area contributed by atoms with E-state index in [0.29, 0.717) is 19.0 Å². The first-order valence-corrected chi connectivity index (χ1v) is 7.04. The van der Waals surface area contributed by atoms with E-state index in [9.17, 15) is 30.7 Å². The number of benzene rings is 1. The highest BCUT2D eigenvalue weighted by atomic mass is 19.4. The van der Waals surface area contributed by atoms with Gasteiger partial charge in [0.15, 0.2) is 0 Å². The first-order valence-electron chi connectivity index (χ1n) is 7.04. The lowest BCUT2D eigenvalue weighted by Crippen LogP contribution is -2.24. The normalized spacial score (nSPS) is 18.5. The van der Waals surface area contributed by atoms with Crippen LogP contribution < -0.4 is 14.8 Å². The summed E-state index contributed by atoms with van der Waals surface area (Å²) in [4.78, 5) is 0. The quantitative estimate of drug-likeness (QED) is 0.771. The molecule has 0 saturated carbocycles. The molecule has 10 heteroatoms. The Morgan fingerprint density at radius 3 is 2.17 bits per heavy atom. The van der Waals surface area contributed by atoms with E-state index >= 15 is 0 Å². The van der Waals surface area contributed by atoms with Gasteiger partial charge in [-0.15, -0.1) is 0 Å². The molecule has 0 bridgehead atoms. The lowest BCUT2D eigenvalue weighted by Gasteiger charge is -2.20. The molecule has 1 aliphatic rings. The second-order valence-corrected chi connectivity index (χ2v) is 5.21. The van der Waals surface area contributed by atoms with Crippen LogP contribution in [0, 0.1) is 0 Å². The molecule has 1 heterocycles. The molecule has 1 fully saturated rings. The Bertz CT molecular complexity index is 557. The fourth-order valence-corrected chi connectivity index (χ4v) is 2.58. The van der Waals surface area contributed by atoms with Crippen molar-refractivity contribution in [2.75, 3.05) is 6.54 Å². The number of rotatable bonds is 6. The third-order valence-electron chi connectivity index (χ3n) is 3.53. The van der Waals surface area contributed by atoms with Gasteiger partial charge in [0.25, 0.3) is 0 Å². The van der Waals surface area contributed by atoms with Crippen LogP contribution in [0.2, 0.25) is 0 Å². The van der Waals surface area contributed by atoms with E-state index in [-0.39, 0.29) is 24.1 Å². The molecule has 0 radical (unpaired) electrons. The van der Waals surface area contributed by atoms with Crippen molar-refractivity contribution in [2.24, 2.45) is 0 Å². The van der Waals surface area contributed by atoms with Crippen molar-refractivity contribution in [1.82, 2.24) is 5.32 Å². The zero-order valence-electron chi connectivity index (χ0n) is 12.2. The third-order valence-corrected chi connectivity index (χ3v) is 3.53. The summed E-state index contributed by atoms with van der Waals surface area (Å²) in [7, 11) is 0. The number of hydrogen-bond acceptors (Lipinski definition) is 3. The highest BCUT2D eigenvalue weighted by molar-refractivity contribution is 5.48. The monoisotopic (exact) mass is 361 g/mol. The summed E-state index contributed by atoms with van der Waals surface area (Å²) in [5, 5.41) is 3.04. The summed E-state index contributed by atoms with van der Waals surface area (Å²) in [5.41, 5.74) is -1.65. The Hall–Kier alpha value is -1.71. The number of ether oxygens (including phenoxy) is 2. The zero-order chi connectivity index (χ0) is 17.9. The first-order chi connectivity index (χ1) is 11.2. The molecule has 3 nitrogen and oxygen atoms in total. The Kier molecular flexibility index (Phi) is 5.79. The number of alkyl halides is 7. The first kappa shape index (κ1) is 18.6. The fraction of sp³-hybridized carbons (Fsp3) is 0.571. The van der Waals surface area contributed by atoms with Crippen LogP contribution in [0.3, 0.4) is 0 Å². The lowest BCUT2D eigenvalue weighted by molar-refractivity contribution is -0.142. The molecule has 1 N–H and O–H groups in total. The van der Waals surface area contributed by atoms with Gasteiger partial charge < -0.3 is 14.8 Å². The molecule has 1 saturated heterocycles. The molecule has 0 spiro atoms. The summed E-state index contributed by atoms with van der Waals surface area (Å²) in [5.74, 6) is -1.82. The lowest BCUT2D eigenvalue weighted by atomic mass is 10.0. The third kappa shape index (κ3) is 4.89. The van der Waals surface area contributed by atoms with Crippen LogP contribution in [0.4, 0.5) is 30.7 Å². The molecule has 0 amide bonds. The average molecular weight is 361 g/mol. The predicted octanol–water partition coefficient (Wildman–Crippen LogP) is 4.20. The van der Waals surface area contributed by atoms with Crippen molar-refractivity contribution < 1.29 is 40.2 Å². The van der Waals surface area contributed by atoms with E-state index in [1.165, 1.54) is 0 Å². The van der Waals surface area contributed by atoms with Gasteiger partial charge in [0.2, 0.25) is 0 Å². The van der Waals surface area contributed by atoms with E-state index < -0.39 is 36.5 Å². The van der Waals surface area contributed by atoms with Crippen molar-refractivity contribution in [1.29, 1.82) is 0 Å². The molecule has 0 aliphatic carbocycles. The summed E-state index contributed by atoms with van der Waals surface area (Å²) in [6.07, 6.45) is -3.51. The largest absolute Gasteiger partial charge is 0.435 e. The maximum Gasteiger partial charge on any atom is 0.420 e. The summed E-state index contributed by atoms with van der Waals surface area (Å²) in [6.45, 7) is -6.15. The molecule has 1 aliphatic heterocycles. The van der Waals surface area contributed by atoms with Crippen LogP contribution in [-0.4, -0.2) is 25.8 Å². The predicted molar refractivity (Wildman–Crippen MR) is 69.4 cm³/mol. The molecule has 136 valence electrons. The van der Waals surface area contributed by atoms with Gasteiger partial charge in [-0.25, -0.2) is 0 Å². The maximum atomic E-state index is 13.0. The van der Waals surface area contributed by atoms with Crippen LogP contribution in [0.1, 0.15) is 24.0 Å². The summed E-state index contributed by atoms with van der Waals surface area (Å²) in [6, 6.07) is 0.794. The van der Waals surface area contributed by atoms with Gasteiger partial charge in [-0.05, 0) is 43.5 Å². The minimum Gasteiger partial charge on any atom is -0.435 e. The van der Waals surface area contributed by atoms with E-state index in [0.717, 1.165) is 6.42 Å². The van der Waals surface area contributed by atoms with E-state index in [4.69, 9.17) is 0 Å². The van der Waals surface area contributed by atoms with E-state index in [2.05, 4.69) is 14.8 Å². The van der Waals surface area contributed by atoms with Gasteiger partial charge in [-0.2, -0.15) is 30.7 Å². The van der Waals surface area contributed by atoms with Crippen LogP contribution >= 0.6 is 0 Å². The molecule has 0 aromatic heterocycles. The zero-order valence-corrected chi connectivity index (χ0v) is 12.2. The van der Waals surface area contributed by atoms with Gasteiger partial charge in [0.1, 0.15) is 17.1 Å². The van der Waals surface area contributed by atoms with Crippen molar-refractivity contribution in [2.45, 2.75) is 44.7 Å². The smallest absolute Gasteiger partial charge is 0.420 e. The molecule has 2 rings (SSSR count). The van der Waals surface area contributed by atoms with Gasteiger partial charge in [-0.3, -0.25) is 0 Å². The van der Waals surface area contributed by atoms with Gasteiger partial charge in [-0.1, -0.05) is 0 Å². The van der Waals surface area contributed by atoms with Crippen molar-refractivity contribution in [3.8, 4) is 11.5 Å². The van der Waals surface area contributed by atoms with Gasteiger partial charge in [0.05, 0.1) is 0 Å². The maximum absolute atomic E-state index is 13.0. The second kappa shape index (κ2) is 7.45. The van der Waals surface area contributed by atoms with E-state index in [1.807, 2.05) is 0 Å². The van der Waals surface area contributed by atoms with Gasteiger partial charge >= 0.3 is 19.4 Å². The Morgan fingerprint density at radius 1 is 1.04 bits per heavy atom. The summed E-state index contributed by atoms with van der Waals surface area (Å²) < 4.78 is 96.7. The average Bonchev–Trinajstić information content (AvgIpc) is 2.92. The van der Waals surface area contributed by atoms with Gasteiger partial charge in [0, 0.05) is 6.04 Å².